The third-order valence-electron chi connectivity index (χ3n) is 4.18. The lowest BCUT2D eigenvalue weighted by Crippen LogP contribution is -2.43. The van der Waals surface area contributed by atoms with Crippen LogP contribution in [0.1, 0.15) is 25.7 Å². The molecule has 1 aliphatic carbocycles. The molecule has 19 heavy (non-hydrogen) atoms. The Balaban J connectivity index is 1.99. The van der Waals surface area contributed by atoms with Gasteiger partial charge in [0, 0.05) is 18.6 Å². The van der Waals surface area contributed by atoms with Crippen LogP contribution in [0, 0.1) is 0 Å². The number of pyridine rings is 1. The minimum Gasteiger partial charge on any atom is -0.391 e. The van der Waals surface area contributed by atoms with Gasteiger partial charge in [0.25, 0.3) is 0 Å². The van der Waals surface area contributed by atoms with E-state index in [1.807, 2.05) is 31.4 Å². The number of aliphatic hydroxyl groups is 1. The number of likely N-dealkylation sites (N-methyl/N-ethyl adjacent to an activating group) is 1. The molecule has 0 spiro atoms. The molecule has 0 bridgehead atoms. The number of benzene rings is 1. The number of anilines is 1. The molecular formula is C16H20N2O. The van der Waals surface area contributed by atoms with Gasteiger partial charge in [-0.25, -0.2) is 4.98 Å². The Morgan fingerprint density at radius 2 is 1.95 bits per heavy atom. The van der Waals surface area contributed by atoms with E-state index in [-0.39, 0.29) is 12.1 Å². The highest BCUT2D eigenvalue weighted by Gasteiger charge is 2.27. The maximum absolute atomic E-state index is 10.2. The molecule has 1 saturated carbocycles. The number of nitrogens with zero attached hydrogens (tertiary/aromatic N) is 2. The topological polar surface area (TPSA) is 36.4 Å². The quantitative estimate of drug-likeness (QED) is 0.897. The van der Waals surface area contributed by atoms with Crippen molar-refractivity contribution in [1.82, 2.24) is 4.98 Å². The van der Waals surface area contributed by atoms with Gasteiger partial charge in [0.15, 0.2) is 0 Å². The summed E-state index contributed by atoms with van der Waals surface area (Å²) in [7, 11) is 2.05. The second-order valence-electron chi connectivity index (χ2n) is 5.39. The molecule has 0 amide bonds. The van der Waals surface area contributed by atoms with Gasteiger partial charge in [0.1, 0.15) is 5.82 Å². The van der Waals surface area contributed by atoms with Crippen LogP contribution in [-0.4, -0.2) is 29.3 Å². The highest BCUT2D eigenvalue weighted by Crippen LogP contribution is 2.29. The van der Waals surface area contributed by atoms with E-state index in [4.69, 9.17) is 0 Å². The number of aliphatic hydroxyl groups excluding tert-OH is 1. The lowest BCUT2D eigenvalue weighted by Gasteiger charge is -2.36. The molecule has 1 N–H and O–H groups in total. The Morgan fingerprint density at radius 3 is 2.79 bits per heavy atom. The fourth-order valence-corrected chi connectivity index (χ4v) is 3.09. The highest BCUT2D eigenvalue weighted by molar-refractivity contribution is 5.92. The predicted molar refractivity (Wildman–Crippen MR) is 78.4 cm³/mol. The molecule has 1 aliphatic rings. The molecule has 0 radical (unpaired) electrons. The molecule has 1 aromatic heterocycles. The van der Waals surface area contributed by atoms with E-state index in [1.54, 1.807) is 0 Å². The summed E-state index contributed by atoms with van der Waals surface area (Å²) in [5, 5.41) is 12.6. The average Bonchev–Trinajstić information content (AvgIpc) is 2.46. The van der Waals surface area contributed by atoms with Crippen molar-refractivity contribution in [2.75, 3.05) is 11.9 Å². The van der Waals surface area contributed by atoms with Crippen molar-refractivity contribution in [3.05, 3.63) is 36.5 Å². The van der Waals surface area contributed by atoms with E-state index in [2.05, 4.69) is 22.0 Å². The summed E-state index contributed by atoms with van der Waals surface area (Å²) in [6, 6.07) is 10.5. The summed E-state index contributed by atoms with van der Waals surface area (Å²) in [6.45, 7) is 0. The van der Waals surface area contributed by atoms with Crippen molar-refractivity contribution >= 4 is 16.6 Å². The van der Waals surface area contributed by atoms with Crippen LogP contribution in [0.15, 0.2) is 36.5 Å². The maximum Gasteiger partial charge on any atom is 0.136 e. The van der Waals surface area contributed by atoms with Crippen molar-refractivity contribution in [1.29, 1.82) is 0 Å². The zero-order valence-electron chi connectivity index (χ0n) is 11.3. The number of fused-ring (bicyclic) bond motifs is 1. The number of aromatic nitrogens is 1. The van der Waals surface area contributed by atoms with E-state index >= 15 is 0 Å². The lowest BCUT2D eigenvalue weighted by molar-refractivity contribution is 0.106. The molecule has 1 fully saturated rings. The second-order valence-corrected chi connectivity index (χ2v) is 5.39. The molecular weight excluding hydrogens is 236 g/mol. The van der Waals surface area contributed by atoms with Crippen molar-refractivity contribution in [3.63, 3.8) is 0 Å². The van der Waals surface area contributed by atoms with Crippen LogP contribution in [0.5, 0.6) is 0 Å². The van der Waals surface area contributed by atoms with Gasteiger partial charge in [0.05, 0.1) is 12.1 Å². The van der Waals surface area contributed by atoms with Crippen LogP contribution >= 0.6 is 0 Å². The number of rotatable bonds is 2. The summed E-state index contributed by atoms with van der Waals surface area (Å²) < 4.78 is 0. The SMILES string of the molecule is CN(c1nccc2ccccc12)C1CCCCC1O. The van der Waals surface area contributed by atoms with E-state index in [0.29, 0.717) is 0 Å². The molecule has 100 valence electrons. The first kappa shape index (κ1) is 12.4. The van der Waals surface area contributed by atoms with Gasteiger partial charge in [-0.2, -0.15) is 0 Å². The summed E-state index contributed by atoms with van der Waals surface area (Å²) in [6.07, 6.45) is 5.89. The van der Waals surface area contributed by atoms with Crippen molar-refractivity contribution in [2.24, 2.45) is 0 Å². The molecule has 3 nitrogen and oxygen atoms in total. The van der Waals surface area contributed by atoms with E-state index < -0.39 is 0 Å². The maximum atomic E-state index is 10.2. The summed E-state index contributed by atoms with van der Waals surface area (Å²) in [4.78, 5) is 6.69. The van der Waals surface area contributed by atoms with Gasteiger partial charge in [-0.15, -0.1) is 0 Å². The third kappa shape index (κ3) is 2.30. The zero-order chi connectivity index (χ0) is 13.2. The fourth-order valence-electron chi connectivity index (χ4n) is 3.09. The van der Waals surface area contributed by atoms with E-state index in [1.165, 1.54) is 11.8 Å². The van der Waals surface area contributed by atoms with Crippen molar-refractivity contribution < 1.29 is 5.11 Å². The van der Waals surface area contributed by atoms with Gasteiger partial charge in [-0.1, -0.05) is 37.1 Å². The highest BCUT2D eigenvalue weighted by atomic mass is 16.3. The van der Waals surface area contributed by atoms with Crippen molar-refractivity contribution in [2.45, 2.75) is 37.8 Å². The minimum atomic E-state index is -0.237. The first-order valence-electron chi connectivity index (χ1n) is 7.02. The monoisotopic (exact) mass is 256 g/mol. The molecule has 2 unspecified atom stereocenters. The predicted octanol–water partition coefficient (Wildman–Crippen LogP) is 2.97. The Kier molecular flexibility index (Phi) is 3.38. The van der Waals surface area contributed by atoms with Crippen LogP contribution < -0.4 is 4.90 Å². The largest absolute Gasteiger partial charge is 0.391 e. The summed E-state index contributed by atoms with van der Waals surface area (Å²) >= 11 is 0. The van der Waals surface area contributed by atoms with Crippen molar-refractivity contribution in [3.8, 4) is 0 Å². The molecule has 0 saturated heterocycles. The third-order valence-corrected chi connectivity index (χ3v) is 4.18. The zero-order valence-corrected chi connectivity index (χ0v) is 11.3. The summed E-state index contributed by atoms with van der Waals surface area (Å²) in [5.74, 6) is 0.976. The van der Waals surface area contributed by atoms with Crippen LogP contribution in [0.25, 0.3) is 10.8 Å². The minimum absolute atomic E-state index is 0.187. The number of hydrogen-bond donors (Lipinski definition) is 1. The van der Waals surface area contributed by atoms with E-state index in [0.717, 1.165) is 30.5 Å². The van der Waals surface area contributed by atoms with Gasteiger partial charge in [-0.3, -0.25) is 0 Å². The Morgan fingerprint density at radius 1 is 1.16 bits per heavy atom. The molecule has 0 aliphatic heterocycles. The molecule has 1 heterocycles. The van der Waals surface area contributed by atoms with Crippen LogP contribution in [0.4, 0.5) is 5.82 Å². The molecule has 2 aromatic rings. The Labute approximate surface area is 113 Å². The molecule has 3 heteroatoms. The van der Waals surface area contributed by atoms with E-state index in [9.17, 15) is 5.11 Å². The van der Waals surface area contributed by atoms with Crippen LogP contribution in [0.2, 0.25) is 0 Å². The lowest BCUT2D eigenvalue weighted by atomic mass is 9.91. The van der Waals surface area contributed by atoms with Gasteiger partial charge in [-0.05, 0) is 24.3 Å². The second kappa shape index (κ2) is 5.17. The first-order chi connectivity index (χ1) is 9.27. The molecule has 3 rings (SSSR count). The molecule has 1 aromatic carbocycles. The molecule has 2 atom stereocenters. The van der Waals surface area contributed by atoms with Gasteiger partial charge in [0.2, 0.25) is 0 Å². The standard InChI is InChI=1S/C16H20N2O/c1-18(14-8-4-5-9-15(14)19)16-13-7-3-2-6-12(13)10-11-17-16/h2-3,6-7,10-11,14-15,19H,4-5,8-9H2,1H3. The number of hydrogen-bond acceptors (Lipinski definition) is 3. The van der Waals surface area contributed by atoms with Crippen LogP contribution in [0.3, 0.4) is 0 Å². The summed E-state index contributed by atoms with van der Waals surface area (Å²) in [5.41, 5.74) is 0. The smallest absolute Gasteiger partial charge is 0.136 e. The average molecular weight is 256 g/mol. The van der Waals surface area contributed by atoms with Gasteiger partial charge < -0.3 is 10.0 Å². The normalized spacial score (nSPS) is 23.5. The van der Waals surface area contributed by atoms with Crippen LogP contribution in [-0.2, 0) is 0 Å². The Bertz CT molecular complexity index is 564. The Hall–Kier alpha value is -1.61. The first-order valence-corrected chi connectivity index (χ1v) is 7.02. The van der Waals surface area contributed by atoms with Gasteiger partial charge >= 0.3 is 0 Å². The fraction of sp³-hybridized carbons (Fsp3) is 0.438.